The molecule has 0 heterocycles. The molecule has 0 aromatic rings. The number of allylic oxidation sites excluding steroid dienone is 1. The predicted molar refractivity (Wildman–Crippen MR) is 52.6 cm³/mol. The Morgan fingerprint density at radius 3 is 1.93 bits per heavy atom. The van der Waals surface area contributed by atoms with Crippen LogP contribution in [0.15, 0.2) is 11.9 Å². The van der Waals surface area contributed by atoms with Crippen molar-refractivity contribution in [2.45, 2.75) is 12.8 Å². The van der Waals surface area contributed by atoms with E-state index in [-0.39, 0.29) is 25.2 Å². The smallest absolute Gasteiger partial charge is 0.111 e. The van der Waals surface area contributed by atoms with Gasteiger partial charge in [-0.15, -0.1) is 0 Å². The summed E-state index contributed by atoms with van der Waals surface area (Å²) < 4.78 is 11.9. The zero-order chi connectivity index (χ0) is 10.9. The van der Waals surface area contributed by atoms with Crippen molar-refractivity contribution in [2.24, 2.45) is 0 Å². The molecule has 5 heteroatoms. The Morgan fingerprint density at radius 1 is 1.07 bits per heavy atom. The van der Waals surface area contributed by atoms with Crippen LogP contribution < -0.4 is 0 Å². The summed E-state index contributed by atoms with van der Waals surface area (Å²) in [5.74, 6) is 1.35. The molecule has 0 rings (SSSR count). The van der Waals surface area contributed by atoms with Crippen molar-refractivity contribution in [2.75, 3.05) is 12.3 Å². The molecule has 0 saturated heterocycles. The van der Waals surface area contributed by atoms with Crippen LogP contribution in [0, 0.1) is 34.0 Å². The molecule has 0 bridgehead atoms. The Balaban J connectivity index is 4.46. The molecule has 4 nitrogen and oxygen atoms in total. The summed E-state index contributed by atoms with van der Waals surface area (Å²) >= 11 is 0. The van der Waals surface area contributed by atoms with Gasteiger partial charge >= 0.3 is 0 Å². The van der Waals surface area contributed by atoms with E-state index in [9.17, 15) is 4.57 Å². The Bertz CT molecular complexity index is 345. The highest BCUT2D eigenvalue weighted by Crippen LogP contribution is 2.48. The van der Waals surface area contributed by atoms with Crippen molar-refractivity contribution >= 4 is 7.14 Å². The van der Waals surface area contributed by atoms with E-state index in [4.69, 9.17) is 15.8 Å². The maximum absolute atomic E-state index is 11.9. The van der Waals surface area contributed by atoms with E-state index in [0.717, 1.165) is 6.08 Å². The Morgan fingerprint density at radius 2 is 1.57 bits per heavy atom. The second-order valence-corrected chi connectivity index (χ2v) is 5.76. The molecule has 0 saturated carbocycles. The van der Waals surface area contributed by atoms with Crippen LogP contribution in [-0.4, -0.2) is 12.3 Å². The molecule has 0 aliphatic heterocycles. The second-order valence-electron chi connectivity index (χ2n) is 2.66. The third kappa shape index (κ3) is 5.15. The van der Waals surface area contributed by atoms with Crippen LogP contribution in [0.4, 0.5) is 0 Å². The van der Waals surface area contributed by atoms with Crippen LogP contribution in [-0.2, 0) is 4.57 Å². The Hall–Kier alpha value is -1.56. The molecule has 0 fully saturated rings. The predicted octanol–water partition coefficient (Wildman–Crippen LogP) is 2.21. The third-order valence-corrected chi connectivity index (χ3v) is 4.28. The Kier molecular flexibility index (Phi) is 6.13. The van der Waals surface area contributed by atoms with E-state index in [1.54, 1.807) is 6.07 Å². The monoisotopic (exact) mass is 207 g/mol. The summed E-state index contributed by atoms with van der Waals surface area (Å²) in [6, 6.07) is 5.57. The van der Waals surface area contributed by atoms with E-state index in [0.29, 0.717) is 0 Å². The average molecular weight is 207 g/mol. The summed E-state index contributed by atoms with van der Waals surface area (Å²) in [5.41, 5.74) is 0. The van der Waals surface area contributed by atoms with E-state index in [1.807, 2.05) is 12.1 Å². The highest BCUT2D eigenvalue weighted by molar-refractivity contribution is 7.67. The van der Waals surface area contributed by atoms with Gasteiger partial charge in [-0.3, -0.25) is 0 Å². The van der Waals surface area contributed by atoms with Crippen LogP contribution in [0.1, 0.15) is 12.8 Å². The molecule has 0 radical (unpaired) electrons. The molecule has 72 valence electrons. The number of nitrogens with zero attached hydrogens (tertiary/aromatic N) is 3. The fourth-order valence-corrected chi connectivity index (χ4v) is 2.73. The molecule has 0 spiro atoms. The van der Waals surface area contributed by atoms with Crippen LogP contribution in [0.2, 0.25) is 0 Å². The van der Waals surface area contributed by atoms with E-state index in [1.165, 1.54) is 5.82 Å². The van der Waals surface area contributed by atoms with Gasteiger partial charge in [-0.1, -0.05) is 0 Å². The van der Waals surface area contributed by atoms with Crippen molar-refractivity contribution in [3.63, 3.8) is 0 Å². The summed E-state index contributed by atoms with van der Waals surface area (Å²) in [6.07, 6.45) is 2.05. The molecule has 0 aliphatic carbocycles. The van der Waals surface area contributed by atoms with Gasteiger partial charge in [0.2, 0.25) is 0 Å². The SMILES string of the molecule is N#C/C=C/P(=O)(CCC#N)CCC#N. The van der Waals surface area contributed by atoms with Crippen LogP contribution in [0.5, 0.6) is 0 Å². The highest BCUT2D eigenvalue weighted by atomic mass is 31.2. The second kappa shape index (κ2) is 6.90. The van der Waals surface area contributed by atoms with Gasteiger partial charge in [-0.25, -0.2) is 0 Å². The molecule has 0 aromatic heterocycles. The molecular weight excluding hydrogens is 197 g/mol. The first-order chi connectivity index (χ1) is 6.68. The van der Waals surface area contributed by atoms with Gasteiger partial charge in [0.25, 0.3) is 0 Å². The summed E-state index contributed by atoms with van der Waals surface area (Å²) in [7, 11) is -2.62. The van der Waals surface area contributed by atoms with E-state index < -0.39 is 7.14 Å². The van der Waals surface area contributed by atoms with Crippen molar-refractivity contribution < 1.29 is 4.57 Å². The molecule has 0 unspecified atom stereocenters. The lowest BCUT2D eigenvalue weighted by atomic mass is 10.5. The summed E-state index contributed by atoms with van der Waals surface area (Å²) in [6.45, 7) is 0. The lowest BCUT2D eigenvalue weighted by molar-refractivity contribution is 0.580. The maximum Gasteiger partial charge on any atom is 0.111 e. The van der Waals surface area contributed by atoms with Crippen molar-refractivity contribution in [1.29, 1.82) is 15.8 Å². The number of rotatable bonds is 5. The minimum Gasteiger partial charge on any atom is -0.319 e. The van der Waals surface area contributed by atoms with E-state index in [2.05, 4.69) is 0 Å². The van der Waals surface area contributed by atoms with Crippen molar-refractivity contribution in [3.05, 3.63) is 11.9 Å². The molecule has 0 atom stereocenters. The molecule has 0 amide bonds. The summed E-state index contributed by atoms with van der Waals surface area (Å²) in [5, 5.41) is 25.0. The highest BCUT2D eigenvalue weighted by Gasteiger charge is 2.17. The largest absolute Gasteiger partial charge is 0.319 e. The minimum atomic E-state index is -2.62. The first-order valence-electron chi connectivity index (χ1n) is 4.07. The third-order valence-electron chi connectivity index (χ3n) is 1.62. The molecule has 14 heavy (non-hydrogen) atoms. The first kappa shape index (κ1) is 12.4. The van der Waals surface area contributed by atoms with Gasteiger partial charge in [0.05, 0.1) is 18.2 Å². The topological polar surface area (TPSA) is 88.4 Å². The van der Waals surface area contributed by atoms with Crippen LogP contribution in [0.3, 0.4) is 0 Å². The average Bonchev–Trinajstić information content (AvgIpc) is 2.21. The standard InChI is InChI=1S/C9H10N3OP/c10-4-1-7-14(13,8-2-5-11)9-3-6-12/h1,7H,2-3,8-9H2/b7-1+. The molecule has 0 aliphatic rings. The number of hydrogen-bond donors (Lipinski definition) is 0. The van der Waals surface area contributed by atoms with Gasteiger partial charge in [0.1, 0.15) is 7.14 Å². The van der Waals surface area contributed by atoms with Crippen LogP contribution in [0.25, 0.3) is 0 Å². The van der Waals surface area contributed by atoms with Gasteiger partial charge < -0.3 is 4.57 Å². The van der Waals surface area contributed by atoms with E-state index >= 15 is 0 Å². The maximum atomic E-state index is 11.9. The van der Waals surface area contributed by atoms with Gasteiger partial charge in [0.15, 0.2) is 0 Å². The van der Waals surface area contributed by atoms with Crippen molar-refractivity contribution in [1.82, 2.24) is 0 Å². The van der Waals surface area contributed by atoms with Gasteiger partial charge in [0, 0.05) is 31.2 Å². The lowest BCUT2D eigenvalue weighted by Gasteiger charge is -2.08. The molecular formula is C9H10N3OP. The fraction of sp³-hybridized carbons (Fsp3) is 0.444. The van der Waals surface area contributed by atoms with Gasteiger partial charge in [-0.05, 0) is 5.82 Å². The molecule has 0 aromatic carbocycles. The molecule has 0 N–H and O–H groups in total. The lowest BCUT2D eigenvalue weighted by Crippen LogP contribution is -1.91. The van der Waals surface area contributed by atoms with Crippen molar-refractivity contribution in [3.8, 4) is 18.2 Å². The number of hydrogen-bond acceptors (Lipinski definition) is 4. The fourth-order valence-electron chi connectivity index (χ4n) is 0.909. The van der Waals surface area contributed by atoms with Crippen LogP contribution >= 0.6 is 7.14 Å². The quantitative estimate of drug-likeness (QED) is 0.510. The minimum absolute atomic E-state index is 0.193. The first-order valence-corrected chi connectivity index (χ1v) is 6.22. The number of nitriles is 3. The zero-order valence-corrected chi connectivity index (χ0v) is 8.57. The zero-order valence-electron chi connectivity index (χ0n) is 7.68. The van der Waals surface area contributed by atoms with Gasteiger partial charge in [-0.2, -0.15) is 15.8 Å². The normalized spacial score (nSPS) is 10.4. The summed E-state index contributed by atoms with van der Waals surface area (Å²) in [4.78, 5) is 0. The Labute approximate surface area is 83.4 Å².